The van der Waals surface area contributed by atoms with Crippen LogP contribution in [-0.4, -0.2) is 58.1 Å². The number of hydrogen-bond donors (Lipinski definition) is 1. The number of aromatic nitrogens is 2. The zero-order valence-electron chi connectivity index (χ0n) is 17.2. The smallest absolute Gasteiger partial charge is 0.244 e. The van der Waals surface area contributed by atoms with Gasteiger partial charge in [-0.05, 0) is 19.3 Å². The Morgan fingerprint density at radius 3 is 2.31 bits per heavy atom. The van der Waals surface area contributed by atoms with E-state index in [1.165, 1.54) is 0 Å². The molecular weight excluding hydrogens is 413 g/mol. The van der Waals surface area contributed by atoms with Gasteiger partial charge in [0.2, 0.25) is 17.6 Å². The van der Waals surface area contributed by atoms with Crippen LogP contribution in [0.25, 0.3) is 11.4 Å². The molecule has 1 unspecified atom stereocenters. The van der Waals surface area contributed by atoms with Crippen molar-refractivity contribution in [1.29, 1.82) is 0 Å². The van der Waals surface area contributed by atoms with Gasteiger partial charge in [-0.15, -0.1) is 24.8 Å². The number of benzene rings is 1. The molecule has 7 nitrogen and oxygen atoms in total. The van der Waals surface area contributed by atoms with Gasteiger partial charge in [0.25, 0.3) is 0 Å². The summed E-state index contributed by atoms with van der Waals surface area (Å²) < 4.78 is 5.49. The highest BCUT2D eigenvalue weighted by atomic mass is 35.5. The molecule has 1 aromatic carbocycles. The second kappa shape index (κ2) is 11.5. The molecule has 1 aliphatic rings. The molecule has 0 spiro atoms. The number of halogens is 2. The monoisotopic (exact) mass is 443 g/mol. The molecule has 0 saturated carbocycles. The highest BCUT2D eigenvalue weighted by Gasteiger charge is 2.29. The zero-order valence-corrected chi connectivity index (χ0v) is 18.8. The van der Waals surface area contributed by atoms with Crippen LogP contribution in [0.3, 0.4) is 0 Å². The third-order valence-corrected chi connectivity index (χ3v) is 5.05. The highest BCUT2D eigenvalue weighted by molar-refractivity contribution is 5.85. The van der Waals surface area contributed by atoms with Crippen LogP contribution in [0, 0.1) is 5.92 Å². The van der Waals surface area contributed by atoms with E-state index >= 15 is 0 Å². The van der Waals surface area contributed by atoms with E-state index in [0.29, 0.717) is 30.7 Å². The van der Waals surface area contributed by atoms with Gasteiger partial charge in [-0.25, -0.2) is 0 Å². The van der Waals surface area contributed by atoms with Crippen molar-refractivity contribution in [1.82, 2.24) is 19.9 Å². The topological polar surface area (TPSA) is 88.5 Å². The minimum absolute atomic E-state index is 0. The van der Waals surface area contributed by atoms with Gasteiger partial charge in [-0.2, -0.15) is 4.98 Å². The maximum absolute atomic E-state index is 12.5. The van der Waals surface area contributed by atoms with E-state index in [2.05, 4.69) is 35.8 Å². The van der Waals surface area contributed by atoms with Crippen molar-refractivity contribution in [3.05, 3.63) is 36.2 Å². The SMILES string of the molecule is CC(C)C[C@H](N)C(=O)N1CCN(C(C)c2nc(-c3ccccc3)no2)CC1.Cl.Cl. The van der Waals surface area contributed by atoms with Gasteiger partial charge in [0.1, 0.15) is 0 Å². The third kappa shape index (κ3) is 6.40. The molecule has 9 heteroatoms. The number of amides is 1. The summed E-state index contributed by atoms with van der Waals surface area (Å²) in [4.78, 5) is 21.2. The Bertz CT molecular complexity index is 748. The van der Waals surface area contributed by atoms with E-state index in [-0.39, 0.29) is 36.8 Å². The molecule has 2 aromatic rings. The molecule has 0 radical (unpaired) electrons. The summed E-state index contributed by atoms with van der Waals surface area (Å²) in [5.41, 5.74) is 6.99. The summed E-state index contributed by atoms with van der Waals surface area (Å²) in [6, 6.07) is 9.40. The van der Waals surface area contributed by atoms with Crippen molar-refractivity contribution >= 4 is 30.7 Å². The van der Waals surface area contributed by atoms with Crippen molar-refractivity contribution in [3.8, 4) is 11.4 Å². The fourth-order valence-corrected chi connectivity index (χ4v) is 3.44. The summed E-state index contributed by atoms with van der Waals surface area (Å²) >= 11 is 0. The van der Waals surface area contributed by atoms with Gasteiger partial charge < -0.3 is 15.2 Å². The standard InChI is InChI=1S/C20H29N5O2.2ClH/c1-14(2)13-17(21)20(26)25-11-9-24(10-12-25)15(3)19-22-18(23-27-19)16-7-5-4-6-8-16;;/h4-8,14-15,17H,9-13,21H2,1-3H3;2*1H/t15?,17-;;/m0../s1. The summed E-state index contributed by atoms with van der Waals surface area (Å²) in [6.07, 6.45) is 0.722. The van der Waals surface area contributed by atoms with Crippen molar-refractivity contribution in [3.63, 3.8) is 0 Å². The number of carbonyl (C=O) groups excluding carboxylic acids is 1. The normalized spacial score (nSPS) is 16.7. The summed E-state index contributed by atoms with van der Waals surface area (Å²) in [6.45, 7) is 9.12. The quantitative estimate of drug-likeness (QED) is 0.737. The second-order valence-electron chi connectivity index (χ2n) is 7.60. The van der Waals surface area contributed by atoms with Crippen molar-refractivity contribution < 1.29 is 9.32 Å². The van der Waals surface area contributed by atoms with E-state index in [0.717, 1.165) is 25.1 Å². The van der Waals surface area contributed by atoms with Crippen LogP contribution < -0.4 is 5.73 Å². The largest absolute Gasteiger partial charge is 0.339 e. The minimum Gasteiger partial charge on any atom is -0.339 e. The van der Waals surface area contributed by atoms with Crippen molar-refractivity contribution in [2.24, 2.45) is 11.7 Å². The number of rotatable bonds is 6. The third-order valence-electron chi connectivity index (χ3n) is 5.05. The maximum atomic E-state index is 12.5. The summed E-state index contributed by atoms with van der Waals surface area (Å²) in [7, 11) is 0. The van der Waals surface area contributed by atoms with E-state index < -0.39 is 6.04 Å². The molecule has 2 heterocycles. The highest BCUT2D eigenvalue weighted by Crippen LogP contribution is 2.23. The molecule has 1 fully saturated rings. The molecule has 2 N–H and O–H groups in total. The number of hydrogen-bond acceptors (Lipinski definition) is 6. The molecule has 1 saturated heterocycles. The van der Waals surface area contributed by atoms with Crippen molar-refractivity contribution in [2.45, 2.75) is 39.3 Å². The number of piperazine rings is 1. The summed E-state index contributed by atoms with van der Waals surface area (Å²) in [5, 5.41) is 4.10. The van der Waals surface area contributed by atoms with Gasteiger partial charge in [-0.1, -0.05) is 49.3 Å². The van der Waals surface area contributed by atoms with Crippen molar-refractivity contribution in [2.75, 3.05) is 26.2 Å². The van der Waals surface area contributed by atoms with Crippen LogP contribution in [-0.2, 0) is 4.79 Å². The first-order valence-corrected chi connectivity index (χ1v) is 9.63. The van der Waals surface area contributed by atoms with E-state index in [1.54, 1.807) is 0 Å². The first kappa shape index (κ1) is 25.4. The Morgan fingerprint density at radius 1 is 1.10 bits per heavy atom. The molecule has 3 rings (SSSR count). The van der Waals surface area contributed by atoms with Gasteiger partial charge >= 0.3 is 0 Å². The van der Waals surface area contributed by atoms with Crippen LogP contribution in [0.4, 0.5) is 0 Å². The average molecular weight is 444 g/mol. The summed E-state index contributed by atoms with van der Waals surface area (Å²) in [5.74, 6) is 1.68. The fourth-order valence-electron chi connectivity index (χ4n) is 3.44. The number of nitrogens with two attached hydrogens (primary N) is 1. The van der Waals surface area contributed by atoms with Gasteiger partial charge in [-0.3, -0.25) is 9.69 Å². The van der Waals surface area contributed by atoms with Gasteiger partial charge in [0.05, 0.1) is 12.1 Å². The Labute approximate surface area is 184 Å². The lowest BCUT2D eigenvalue weighted by molar-refractivity contribution is -0.135. The number of nitrogens with zero attached hydrogens (tertiary/aromatic N) is 4. The lowest BCUT2D eigenvalue weighted by atomic mass is 10.0. The predicted molar refractivity (Wildman–Crippen MR) is 118 cm³/mol. The maximum Gasteiger partial charge on any atom is 0.244 e. The van der Waals surface area contributed by atoms with E-state index in [1.807, 2.05) is 35.2 Å². The van der Waals surface area contributed by atoms with E-state index in [4.69, 9.17) is 10.3 Å². The van der Waals surface area contributed by atoms with Gasteiger partial charge in [0, 0.05) is 31.7 Å². The Morgan fingerprint density at radius 2 is 1.72 bits per heavy atom. The first-order valence-electron chi connectivity index (χ1n) is 9.63. The minimum atomic E-state index is -0.404. The Kier molecular flexibility index (Phi) is 10.1. The van der Waals surface area contributed by atoms with Crippen LogP contribution >= 0.6 is 24.8 Å². The molecule has 29 heavy (non-hydrogen) atoms. The van der Waals surface area contributed by atoms with Crippen LogP contribution in [0.5, 0.6) is 0 Å². The number of carbonyl (C=O) groups is 1. The Balaban J connectivity index is 0.00000210. The molecule has 1 aliphatic heterocycles. The lowest BCUT2D eigenvalue weighted by Gasteiger charge is -2.37. The zero-order chi connectivity index (χ0) is 19.4. The molecule has 1 aromatic heterocycles. The van der Waals surface area contributed by atoms with E-state index in [9.17, 15) is 4.79 Å². The molecule has 0 bridgehead atoms. The van der Waals surface area contributed by atoms with Crippen LogP contribution in [0.1, 0.15) is 39.1 Å². The first-order chi connectivity index (χ1) is 13.0. The molecule has 1 amide bonds. The van der Waals surface area contributed by atoms with Gasteiger partial charge in [0.15, 0.2) is 0 Å². The fraction of sp³-hybridized carbons (Fsp3) is 0.550. The average Bonchev–Trinajstić information content (AvgIpc) is 3.17. The van der Waals surface area contributed by atoms with Crippen LogP contribution in [0.15, 0.2) is 34.9 Å². The molecule has 0 aliphatic carbocycles. The molecule has 2 atom stereocenters. The molecular formula is C20H31Cl2N5O2. The predicted octanol–water partition coefficient (Wildman–Crippen LogP) is 3.16. The second-order valence-corrected chi connectivity index (χ2v) is 7.60. The molecule has 162 valence electrons. The van der Waals surface area contributed by atoms with Crippen LogP contribution in [0.2, 0.25) is 0 Å². The Hall–Kier alpha value is -1.67. The lowest BCUT2D eigenvalue weighted by Crippen LogP contribution is -2.53.